The van der Waals surface area contributed by atoms with Gasteiger partial charge in [0.2, 0.25) is 0 Å². The Morgan fingerprint density at radius 3 is 2.77 bits per heavy atom. The zero-order valence-electron chi connectivity index (χ0n) is 22.4. The van der Waals surface area contributed by atoms with Crippen LogP contribution in [0.15, 0.2) is 41.5 Å². The fraction of sp³-hybridized carbons (Fsp3) is 0.481. The van der Waals surface area contributed by atoms with Gasteiger partial charge in [-0.3, -0.25) is 9.88 Å². The SMILES string of the molecule is Cc1c(OCC(F)F)ccnc1CSC1=Nc2ccccc2N(C(=O)N(C)CCOC(=O)OC2CCOCC2)C1. The zero-order chi connectivity index (χ0) is 28.5. The molecule has 2 amide bonds. The maximum absolute atomic E-state index is 13.4. The Labute approximate surface area is 235 Å². The number of rotatable bonds is 9. The molecule has 10 nitrogen and oxygen atoms in total. The number of amides is 2. The molecule has 0 bridgehead atoms. The number of hydrogen-bond donors (Lipinski definition) is 0. The number of aromatic nitrogens is 1. The minimum absolute atomic E-state index is 0.00953. The number of alkyl halides is 2. The lowest BCUT2D eigenvalue weighted by Crippen LogP contribution is -2.45. The molecule has 0 aliphatic carbocycles. The molecule has 2 aliphatic heterocycles. The van der Waals surface area contributed by atoms with Crippen molar-refractivity contribution in [3.8, 4) is 5.75 Å². The van der Waals surface area contributed by atoms with E-state index in [1.807, 2.05) is 24.3 Å². The van der Waals surface area contributed by atoms with Gasteiger partial charge in [-0.05, 0) is 25.1 Å². The first-order chi connectivity index (χ1) is 19.3. The predicted molar refractivity (Wildman–Crippen MR) is 147 cm³/mol. The number of hydrogen-bond acceptors (Lipinski definition) is 9. The van der Waals surface area contributed by atoms with Gasteiger partial charge < -0.3 is 23.8 Å². The second-order valence-electron chi connectivity index (χ2n) is 9.18. The number of ether oxygens (including phenoxy) is 4. The Balaban J connectivity index is 1.34. The van der Waals surface area contributed by atoms with Gasteiger partial charge in [-0.25, -0.2) is 23.4 Å². The van der Waals surface area contributed by atoms with Crippen molar-refractivity contribution in [3.05, 3.63) is 47.8 Å². The summed E-state index contributed by atoms with van der Waals surface area (Å²) < 4.78 is 46.1. The van der Waals surface area contributed by atoms with Crippen molar-refractivity contribution in [1.29, 1.82) is 0 Å². The molecule has 40 heavy (non-hydrogen) atoms. The van der Waals surface area contributed by atoms with Crippen molar-refractivity contribution >= 4 is 40.4 Å². The number of nitrogens with zero attached hydrogens (tertiary/aromatic N) is 4. The van der Waals surface area contributed by atoms with E-state index in [2.05, 4.69) is 4.98 Å². The van der Waals surface area contributed by atoms with E-state index >= 15 is 0 Å². The molecule has 3 heterocycles. The van der Waals surface area contributed by atoms with Crippen molar-refractivity contribution in [2.75, 3.05) is 51.5 Å². The highest BCUT2D eigenvalue weighted by molar-refractivity contribution is 8.13. The summed E-state index contributed by atoms with van der Waals surface area (Å²) >= 11 is 1.41. The number of para-hydroxylation sites is 2. The number of fused-ring (bicyclic) bond motifs is 1. The van der Waals surface area contributed by atoms with Crippen molar-refractivity contribution in [3.63, 3.8) is 0 Å². The van der Waals surface area contributed by atoms with Crippen molar-refractivity contribution in [2.24, 2.45) is 4.99 Å². The summed E-state index contributed by atoms with van der Waals surface area (Å²) in [6.07, 6.45) is -0.745. The molecular weight excluding hydrogens is 546 g/mol. The molecule has 0 saturated carbocycles. The van der Waals surface area contributed by atoms with Gasteiger partial charge in [0.1, 0.15) is 25.1 Å². The number of aliphatic imine (C=N–C) groups is 1. The summed E-state index contributed by atoms with van der Waals surface area (Å²) in [5.41, 5.74) is 2.67. The average molecular weight is 579 g/mol. The standard InChI is InChI=1S/C27H32F2N4O6S/c1-18-21(30-10-7-23(18)38-16-24(28)29)17-40-25-15-33(22-6-4-3-5-20(22)31-25)26(34)32(2)11-14-37-27(35)39-19-8-12-36-13-9-19/h3-7,10,19,24H,8-9,11-17H2,1-2H3. The van der Waals surface area contributed by atoms with Gasteiger partial charge in [0.25, 0.3) is 6.43 Å². The number of pyridine rings is 1. The van der Waals surface area contributed by atoms with E-state index in [9.17, 15) is 18.4 Å². The van der Waals surface area contributed by atoms with Gasteiger partial charge >= 0.3 is 12.2 Å². The molecule has 13 heteroatoms. The van der Waals surface area contributed by atoms with Crippen LogP contribution >= 0.6 is 11.8 Å². The van der Waals surface area contributed by atoms with E-state index in [1.54, 1.807) is 24.9 Å². The lowest BCUT2D eigenvalue weighted by atomic mass is 10.2. The Hall–Kier alpha value is -3.45. The summed E-state index contributed by atoms with van der Waals surface area (Å²) in [5, 5.41) is 0.692. The smallest absolute Gasteiger partial charge is 0.487 e. The molecule has 1 saturated heterocycles. The lowest BCUT2D eigenvalue weighted by Gasteiger charge is -2.32. The number of carbonyl (C=O) groups is 2. The molecule has 1 aromatic heterocycles. The van der Waals surface area contributed by atoms with E-state index in [0.29, 0.717) is 65.2 Å². The first-order valence-electron chi connectivity index (χ1n) is 12.9. The van der Waals surface area contributed by atoms with Gasteiger partial charge in [0, 0.05) is 37.4 Å². The molecule has 1 aromatic carbocycles. The fourth-order valence-electron chi connectivity index (χ4n) is 4.12. The molecule has 0 N–H and O–H groups in total. The van der Waals surface area contributed by atoms with Crippen LogP contribution in [0.3, 0.4) is 0 Å². The third-order valence-corrected chi connectivity index (χ3v) is 7.32. The maximum atomic E-state index is 13.4. The zero-order valence-corrected chi connectivity index (χ0v) is 23.2. The maximum Gasteiger partial charge on any atom is 0.508 e. The van der Waals surface area contributed by atoms with Gasteiger partial charge in [-0.1, -0.05) is 12.1 Å². The van der Waals surface area contributed by atoms with E-state index < -0.39 is 19.2 Å². The Kier molecular flexibility index (Phi) is 10.5. The van der Waals surface area contributed by atoms with E-state index in [-0.39, 0.29) is 31.8 Å². The Bertz CT molecular complexity index is 1210. The highest BCUT2D eigenvalue weighted by atomic mass is 32.2. The summed E-state index contributed by atoms with van der Waals surface area (Å²) in [5.74, 6) is 0.777. The quantitative estimate of drug-likeness (QED) is 0.374. The molecule has 0 atom stereocenters. The number of anilines is 1. The first-order valence-corrected chi connectivity index (χ1v) is 13.9. The third kappa shape index (κ3) is 8.04. The van der Waals surface area contributed by atoms with Crippen LogP contribution in [0.1, 0.15) is 24.1 Å². The number of halogens is 2. The highest BCUT2D eigenvalue weighted by Crippen LogP contribution is 2.35. The normalized spacial score (nSPS) is 15.3. The second kappa shape index (κ2) is 14.3. The highest BCUT2D eigenvalue weighted by Gasteiger charge is 2.28. The van der Waals surface area contributed by atoms with Crippen LogP contribution in [0.5, 0.6) is 5.75 Å². The van der Waals surface area contributed by atoms with E-state index in [0.717, 1.165) is 0 Å². The largest absolute Gasteiger partial charge is 0.508 e. The molecule has 2 aromatic rings. The van der Waals surface area contributed by atoms with Gasteiger partial charge in [-0.2, -0.15) is 0 Å². The van der Waals surface area contributed by atoms with Gasteiger partial charge in [-0.15, -0.1) is 11.8 Å². The number of likely N-dealkylation sites (N-methyl/N-ethyl adjacent to an activating group) is 1. The van der Waals surface area contributed by atoms with E-state index in [4.69, 9.17) is 23.9 Å². The van der Waals surface area contributed by atoms with Crippen LogP contribution in [0, 0.1) is 6.92 Å². The lowest BCUT2D eigenvalue weighted by molar-refractivity contribution is -0.0283. The summed E-state index contributed by atoms with van der Waals surface area (Å²) in [4.78, 5) is 37.6. The second-order valence-corrected chi connectivity index (χ2v) is 10.2. The monoisotopic (exact) mass is 578 g/mol. The summed E-state index contributed by atoms with van der Waals surface area (Å²) in [7, 11) is 1.63. The van der Waals surface area contributed by atoms with Gasteiger partial charge in [0.15, 0.2) is 0 Å². The van der Waals surface area contributed by atoms with Crippen molar-refractivity contribution in [1.82, 2.24) is 9.88 Å². The molecule has 0 spiro atoms. The Morgan fingerprint density at radius 1 is 1.23 bits per heavy atom. The molecule has 0 unspecified atom stereocenters. The van der Waals surface area contributed by atoms with Crippen LogP contribution < -0.4 is 9.64 Å². The topological polar surface area (TPSA) is 103 Å². The third-order valence-electron chi connectivity index (χ3n) is 6.35. The van der Waals surface area contributed by atoms with Crippen molar-refractivity contribution in [2.45, 2.75) is 38.0 Å². The van der Waals surface area contributed by atoms with Crippen LogP contribution in [-0.2, 0) is 20.0 Å². The number of thioether (sulfide) groups is 1. The molecule has 2 aliphatic rings. The molecule has 1 fully saturated rings. The number of urea groups is 1. The van der Waals surface area contributed by atoms with Crippen LogP contribution in [-0.4, -0.2) is 86.2 Å². The first kappa shape index (κ1) is 29.5. The van der Waals surface area contributed by atoms with Gasteiger partial charge in [0.05, 0.1) is 48.4 Å². The molecule has 4 rings (SSSR count). The fourth-order valence-corrected chi connectivity index (χ4v) is 5.10. The van der Waals surface area contributed by atoms with Crippen LogP contribution in [0.25, 0.3) is 0 Å². The minimum Gasteiger partial charge on any atom is -0.487 e. The number of carbonyl (C=O) groups excluding carboxylic acids is 2. The van der Waals surface area contributed by atoms with Crippen LogP contribution in [0.4, 0.5) is 29.7 Å². The van der Waals surface area contributed by atoms with E-state index in [1.165, 1.54) is 22.9 Å². The number of benzene rings is 1. The Morgan fingerprint density at radius 2 is 2.00 bits per heavy atom. The summed E-state index contributed by atoms with van der Waals surface area (Å²) in [6.45, 7) is 2.58. The predicted octanol–water partition coefficient (Wildman–Crippen LogP) is 5.20. The van der Waals surface area contributed by atoms with Crippen LogP contribution in [0.2, 0.25) is 0 Å². The summed E-state index contributed by atoms with van der Waals surface area (Å²) in [6, 6.07) is 8.61. The molecule has 0 radical (unpaired) electrons. The minimum atomic E-state index is -2.57. The molecular formula is C27H32F2N4O6S. The van der Waals surface area contributed by atoms with Crippen molar-refractivity contribution < 1.29 is 37.3 Å². The molecule has 216 valence electrons. The average Bonchev–Trinajstić information content (AvgIpc) is 2.95.